The van der Waals surface area contributed by atoms with Crippen molar-refractivity contribution in [2.24, 2.45) is 0 Å². The normalized spacial score (nSPS) is 12.6. The second kappa shape index (κ2) is 5.15. The lowest BCUT2D eigenvalue weighted by Crippen LogP contribution is -1.99. The molecule has 4 nitrogen and oxygen atoms in total. The summed E-state index contributed by atoms with van der Waals surface area (Å²) in [6, 6.07) is 12.4. The maximum absolute atomic E-state index is 4.50. The third-order valence-electron chi connectivity index (χ3n) is 3.99. The van der Waals surface area contributed by atoms with Gasteiger partial charge in [0.1, 0.15) is 0 Å². The molecule has 0 aliphatic carbocycles. The summed E-state index contributed by atoms with van der Waals surface area (Å²) >= 11 is 0. The van der Waals surface area contributed by atoms with Crippen LogP contribution in [0.2, 0.25) is 0 Å². The maximum Gasteiger partial charge on any atom is 0.0924 e. The summed E-state index contributed by atoms with van der Waals surface area (Å²) in [5, 5.41) is 0. The van der Waals surface area contributed by atoms with E-state index in [-0.39, 0.29) is 5.92 Å². The van der Waals surface area contributed by atoms with Crippen LogP contribution in [0.3, 0.4) is 0 Å². The van der Waals surface area contributed by atoms with Crippen LogP contribution in [0.25, 0.3) is 22.1 Å². The minimum absolute atomic E-state index is 0.215. The highest BCUT2D eigenvalue weighted by atomic mass is 14.8. The first-order valence-electron chi connectivity index (χ1n) is 7.23. The van der Waals surface area contributed by atoms with Crippen molar-refractivity contribution in [3.63, 3.8) is 0 Å². The average Bonchev–Trinajstić information content (AvgIpc) is 2.60. The Bertz CT molecular complexity index is 960. The maximum atomic E-state index is 4.50. The molecule has 2 aromatic carbocycles. The Balaban J connectivity index is 1.86. The zero-order valence-electron chi connectivity index (χ0n) is 12.1. The molecule has 1 atom stereocenters. The molecule has 0 aliphatic heterocycles. The number of hydrogen-bond donors (Lipinski definition) is 0. The second-order valence-electron chi connectivity index (χ2n) is 5.30. The van der Waals surface area contributed by atoms with Crippen LogP contribution >= 0.6 is 0 Å². The first-order chi connectivity index (χ1) is 10.8. The van der Waals surface area contributed by atoms with Crippen LogP contribution in [0.4, 0.5) is 0 Å². The molecule has 4 rings (SSSR count). The van der Waals surface area contributed by atoms with Gasteiger partial charge in [0.05, 0.1) is 22.1 Å². The quantitative estimate of drug-likeness (QED) is 0.563. The Morgan fingerprint density at radius 3 is 2.32 bits per heavy atom. The lowest BCUT2D eigenvalue weighted by Gasteiger charge is -2.14. The minimum atomic E-state index is 0.215. The van der Waals surface area contributed by atoms with Crippen molar-refractivity contribution in [3.05, 3.63) is 72.3 Å². The highest BCUT2D eigenvalue weighted by molar-refractivity contribution is 5.79. The van der Waals surface area contributed by atoms with Crippen molar-refractivity contribution in [2.45, 2.75) is 12.8 Å². The molecular weight excluding hydrogens is 272 g/mol. The molecule has 0 bridgehead atoms. The number of benzene rings is 2. The minimum Gasteiger partial charge on any atom is -0.253 e. The molecule has 0 fully saturated rings. The van der Waals surface area contributed by atoms with Crippen molar-refractivity contribution in [1.82, 2.24) is 19.9 Å². The molecule has 106 valence electrons. The second-order valence-corrected chi connectivity index (χ2v) is 5.30. The van der Waals surface area contributed by atoms with Crippen molar-refractivity contribution < 1.29 is 0 Å². The van der Waals surface area contributed by atoms with E-state index in [0.717, 1.165) is 22.1 Å². The average molecular weight is 286 g/mol. The molecule has 0 amide bonds. The Morgan fingerprint density at radius 1 is 0.727 bits per heavy atom. The van der Waals surface area contributed by atoms with E-state index in [9.17, 15) is 0 Å². The lowest BCUT2D eigenvalue weighted by atomic mass is 9.92. The standard InChI is InChI=1S/C18H14N4/c1-12(13-5-6-15-17(11-13)21-8-7-19-15)14-3-2-4-16-18(14)22-10-9-20-16/h2-12H,1H3. The molecule has 4 heteroatoms. The highest BCUT2D eigenvalue weighted by Gasteiger charge is 2.13. The lowest BCUT2D eigenvalue weighted by molar-refractivity contribution is 0.928. The van der Waals surface area contributed by atoms with Gasteiger partial charge >= 0.3 is 0 Å². The highest BCUT2D eigenvalue weighted by Crippen LogP contribution is 2.29. The van der Waals surface area contributed by atoms with E-state index in [1.807, 2.05) is 18.2 Å². The van der Waals surface area contributed by atoms with Gasteiger partial charge in [0.25, 0.3) is 0 Å². The van der Waals surface area contributed by atoms with Crippen LogP contribution in [-0.4, -0.2) is 19.9 Å². The SMILES string of the molecule is CC(c1ccc2nccnc2c1)c1cccc2nccnc12. The van der Waals surface area contributed by atoms with Gasteiger partial charge in [-0.15, -0.1) is 0 Å². The van der Waals surface area contributed by atoms with E-state index in [2.05, 4.69) is 45.1 Å². The molecule has 2 heterocycles. The molecule has 22 heavy (non-hydrogen) atoms. The van der Waals surface area contributed by atoms with Gasteiger partial charge in [-0.2, -0.15) is 0 Å². The fraction of sp³-hybridized carbons (Fsp3) is 0.111. The molecule has 0 saturated carbocycles. The molecule has 4 aromatic rings. The predicted molar refractivity (Wildman–Crippen MR) is 86.6 cm³/mol. The fourth-order valence-electron chi connectivity index (χ4n) is 2.79. The molecule has 0 saturated heterocycles. The number of fused-ring (bicyclic) bond motifs is 2. The largest absolute Gasteiger partial charge is 0.253 e. The molecule has 0 N–H and O–H groups in total. The van der Waals surface area contributed by atoms with Gasteiger partial charge in [0.2, 0.25) is 0 Å². The van der Waals surface area contributed by atoms with Crippen molar-refractivity contribution >= 4 is 22.1 Å². The van der Waals surface area contributed by atoms with Crippen molar-refractivity contribution in [1.29, 1.82) is 0 Å². The van der Waals surface area contributed by atoms with Crippen LogP contribution in [0.5, 0.6) is 0 Å². The van der Waals surface area contributed by atoms with Gasteiger partial charge < -0.3 is 0 Å². The van der Waals surface area contributed by atoms with Crippen LogP contribution in [0, 0.1) is 0 Å². The zero-order valence-corrected chi connectivity index (χ0v) is 12.1. The molecule has 1 unspecified atom stereocenters. The van der Waals surface area contributed by atoms with E-state index in [4.69, 9.17) is 0 Å². The first kappa shape index (κ1) is 12.8. The van der Waals surface area contributed by atoms with Crippen molar-refractivity contribution in [2.75, 3.05) is 0 Å². The number of aromatic nitrogens is 4. The van der Waals surface area contributed by atoms with Crippen LogP contribution in [0.1, 0.15) is 24.0 Å². The molecule has 2 aromatic heterocycles. The van der Waals surface area contributed by atoms with Gasteiger partial charge in [-0.3, -0.25) is 19.9 Å². The number of para-hydroxylation sites is 1. The third kappa shape index (κ3) is 2.09. The van der Waals surface area contributed by atoms with Gasteiger partial charge in [-0.25, -0.2) is 0 Å². The van der Waals surface area contributed by atoms with E-state index >= 15 is 0 Å². The Morgan fingerprint density at radius 2 is 1.45 bits per heavy atom. The summed E-state index contributed by atoms with van der Waals surface area (Å²) in [7, 11) is 0. The number of hydrogen-bond acceptors (Lipinski definition) is 4. The summed E-state index contributed by atoms with van der Waals surface area (Å²) in [4.78, 5) is 17.6. The summed E-state index contributed by atoms with van der Waals surface area (Å²) in [5.74, 6) is 0.215. The molecule has 0 radical (unpaired) electrons. The van der Waals surface area contributed by atoms with E-state index < -0.39 is 0 Å². The molecular formula is C18H14N4. The molecule has 0 aliphatic rings. The predicted octanol–water partition coefficient (Wildman–Crippen LogP) is 3.72. The van der Waals surface area contributed by atoms with Crippen molar-refractivity contribution in [3.8, 4) is 0 Å². The van der Waals surface area contributed by atoms with Gasteiger partial charge in [-0.1, -0.05) is 25.1 Å². The van der Waals surface area contributed by atoms with Gasteiger partial charge in [-0.05, 0) is 29.3 Å². The number of rotatable bonds is 2. The summed E-state index contributed by atoms with van der Waals surface area (Å²) in [6.45, 7) is 2.18. The Kier molecular flexibility index (Phi) is 3.00. The Labute approximate surface area is 127 Å². The smallest absolute Gasteiger partial charge is 0.0924 e. The summed E-state index contributed by atoms with van der Waals surface area (Å²) in [5.41, 5.74) is 6.08. The van der Waals surface area contributed by atoms with Gasteiger partial charge in [0, 0.05) is 30.7 Å². The van der Waals surface area contributed by atoms with Crippen LogP contribution in [-0.2, 0) is 0 Å². The zero-order chi connectivity index (χ0) is 14.9. The summed E-state index contributed by atoms with van der Waals surface area (Å²) in [6.07, 6.45) is 6.90. The number of nitrogens with zero attached hydrogens (tertiary/aromatic N) is 4. The van der Waals surface area contributed by atoms with E-state index in [1.54, 1.807) is 24.8 Å². The van der Waals surface area contributed by atoms with Crippen LogP contribution < -0.4 is 0 Å². The Hall–Kier alpha value is -2.88. The van der Waals surface area contributed by atoms with E-state index in [0.29, 0.717) is 0 Å². The fourth-order valence-corrected chi connectivity index (χ4v) is 2.79. The topological polar surface area (TPSA) is 51.6 Å². The first-order valence-corrected chi connectivity index (χ1v) is 7.23. The third-order valence-corrected chi connectivity index (χ3v) is 3.99. The van der Waals surface area contributed by atoms with E-state index in [1.165, 1.54) is 11.1 Å². The summed E-state index contributed by atoms with van der Waals surface area (Å²) < 4.78 is 0. The molecule has 0 spiro atoms. The van der Waals surface area contributed by atoms with Crippen LogP contribution in [0.15, 0.2) is 61.2 Å². The van der Waals surface area contributed by atoms with Gasteiger partial charge in [0.15, 0.2) is 0 Å². The monoisotopic (exact) mass is 286 g/mol.